The molecule has 0 bridgehead atoms. The zero-order valence-corrected chi connectivity index (χ0v) is 12.7. The lowest BCUT2D eigenvalue weighted by Gasteiger charge is -2.22. The van der Waals surface area contributed by atoms with Gasteiger partial charge in [-0.2, -0.15) is 0 Å². The average molecular weight is 296 g/mol. The summed E-state index contributed by atoms with van der Waals surface area (Å²) in [6, 6.07) is -0.0452. The molecule has 0 aromatic rings. The van der Waals surface area contributed by atoms with Crippen LogP contribution in [-0.4, -0.2) is 53.4 Å². The Morgan fingerprint density at radius 3 is 2.67 bits per heavy atom. The molecule has 1 heterocycles. The normalized spacial score (nSPS) is 19.7. The van der Waals surface area contributed by atoms with Crippen molar-refractivity contribution in [3.05, 3.63) is 0 Å². The van der Waals surface area contributed by atoms with Crippen LogP contribution in [0.5, 0.6) is 0 Å². The van der Waals surface area contributed by atoms with Crippen molar-refractivity contribution in [2.24, 2.45) is 0 Å². The minimum absolute atomic E-state index is 0.0830. The Morgan fingerprint density at radius 2 is 2.00 bits per heavy atom. The Bertz CT molecular complexity index is 404. The van der Waals surface area contributed by atoms with Gasteiger partial charge in [-0.3, -0.25) is 14.5 Å². The predicted molar refractivity (Wildman–Crippen MR) is 76.6 cm³/mol. The molecule has 2 aliphatic rings. The highest BCUT2D eigenvalue weighted by molar-refractivity contribution is 6.02. The van der Waals surface area contributed by atoms with Crippen LogP contribution >= 0.6 is 0 Å². The number of hydrogen-bond donors (Lipinski definition) is 0. The number of esters is 1. The number of ether oxygens (including phenoxy) is 1. The van der Waals surface area contributed by atoms with Crippen LogP contribution in [0.3, 0.4) is 0 Å². The van der Waals surface area contributed by atoms with Crippen molar-refractivity contribution in [2.45, 2.75) is 57.9 Å². The second-order valence-electron chi connectivity index (χ2n) is 5.72. The third kappa shape index (κ3) is 3.95. The summed E-state index contributed by atoms with van der Waals surface area (Å²) in [4.78, 5) is 38.6. The lowest BCUT2D eigenvalue weighted by atomic mass is 10.2. The molecule has 0 aromatic carbocycles. The van der Waals surface area contributed by atoms with Gasteiger partial charge in [-0.15, -0.1) is 0 Å². The van der Waals surface area contributed by atoms with E-state index < -0.39 is 0 Å². The van der Waals surface area contributed by atoms with Gasteiger partial charge in [0.15, 0.2) is 0 Å². The SMILES string of the molecule is CCCCOC(=O)CCN1C(=O)CN(C2CCCC2)C1=O. The molecule has 1 saturated heterocycles. The van der Waals surface area contributed by atoms with Gasteiger partial charge >= 0.3 is 12.0 Å². The Labute approximate surface area is 125 Å². The maximum absolute atomic E-state index is 12.3. The summed E-state index contributed by atoms with van der Waals surface area (Å²) in [6.07, 6.45) is 6.08. The molecule has 3 amide bonds. The highest BCUT2D eigenvalue weighted by Gasteiger charge is 2.40. The number of carbonyl (C=O) groups is 3. The Kier molecular flexibility index (Phi) is 5.59. The predicted octanol–water partition coefficient (Wildman–Crippen LogP) is 1.93. The first kappa shape index (κ1) is 15.8. The highest BCUT2D eigenvalue weighted by Crippen LogP contribution is 2.27. The van der Waals surface area contributed by atoms with Gasteiger partial charge in [-0.25, -0.2) is 4.79 Å². The van der Waals surface area contributed by atoms with E-state index in [1.807, 2.05) is 6.92 Å². The molecule has 0 aromatic heterocycles. The standard InChI is InChI=1S/C15H24N2O4/c1-2-3-10-21-14(19)8-9-16-13(18)11-17(15(16)20)12-6-4-5-7-12/h12H,2-11H2,1H3. The quantitative estimate of drug-likeness (QED) is 0.409. The van der Waals surface area contributed by atoms with Crippen molar-refractivity contribution in [3.63, 3.8) is 0 Å². The van der Waals surface area contributed by atoms with Gasteiger partial charge in [0.05, 0.1) is 13.0 Å². The van der Waals surface area contributed by atoms with Crippen LogP contribution in [0, 0.1) is 0 Å². The van der Waals surface area contributed by atoms with E-state index in [-0.39, 0.29) is 43.5 Å². The van der Waals surface area contributed by atoms with E-state index in [9.17, 15) is 14.4 Å². The Morgan fingerprint density at radius 1 is 1.29 bits per heavy atom. The van der Waals surface area contributed by atoms with E-state index in [2.05, 4.69) is 0 Å². The van der Waals surface area contributed by atoms with E-state index >= 15 is 0 Å². The summed E-state index contributed by atoms with van der Waals surface area (Å²) in [5.41, 5.74) is 0. The van der Waals surface area contributed by atoms with E-state index in [0.717, 1.165) is 38.5 Å². The minimum Gasteiger partial charge on any atom is -0.466 e. The van der Waals surface area contributed by atoms with Crippen LogP contribution in [0.25, 0.3) is 0 Å². The molecule has 0 radical (unpaired) electrons. The first-order valence-corrected chi connectivity index (χ1v) is 7.90. The van der Waals surface area contributed by atoms with Gasteiger partial charge < -0.3 is 9.64 Å². The van der Waals surface area contributed by atoms with Gasteiger partial charge in [0.25, 0.3) is 0 Å². The van der Waals surface area contributed by atoms with Crippen molar-refractivity contribution in [1.29, 1.82) is 0 Å². The summed E-state index contributed by atoms with van der Waals surface area (Å²) in [6.45, 7) is 2.72. The van der Waals surface area contributed by atoms with Gasteiger partial charge in [-0.05, 0) is 19.3 Å². The third-order valence-electron chi connectivity index (χ3n) is 4.15. The van der Waals surface area contributed by atoms with E-state index in [1.165, 1.54) is 4.90 Å². The number of amides is 3. The topological polar surface area (TPSA) is 66.9 Å². The number of urea groups is 1. The summed E-state index contributed by atoms with van der Waals surface area (Å²) in [5, 5.41) is 0. The maximum Gasteiger partial charge on any atom is 0.327 e. The molecule has 2 fully saturated rings. The summed E-state index contributed by atoms with van der Waals surface area (Å²) in [5.74, 6) is -0.545. The molecule has 6 heteroatoms. The molecular weight excluding hydrogens is 272 g/mol. The minimum atomic E-state index is -0.344. The fraction of sp³-hybridized carbons (Fsp3) is 0.800. The molecule has 118 valence electrons. The lowest BCUT2D eigenvalue weighted by Crippen LogP contribution is -2.38. The van der Waals surface area contributed by atoms with E-state index in [1.54, 1.807) is 4.90 Å². The van der Waals surface area contributed by atoms with Crippen LogP contribution in [0.1, 0.15) is 51.9 Å². The first-order valence-electron chi connectivity index (χ1n) is 7.90. The van der Waals surface area contributed by atoms with Crippen molar-refractivity contribution < 1.29 is 19.1 Å². The van der Waals surface area contributed by atoms with Crippen molar-refractivity contribution in [3.8, 4) is 0 Å². The second-order valence-corrected chi connectivity index (χ2v) is 5.72. The van der Waals surface area contributed by atoms with Crippen molar-refractivity contribution >= 4 is 17.9 Å². The summed E-state index contributed by atoms with van der Waals surface area (Å²) in [7, 11) is 0. The molecule has 21 heavy (non-hydrogen) atoms. The molecular formula is C15H24N2O4. The van der Waals surface area contributed by atoms with Crippen LogP contribution in [-0.2, 0) is 14.3 Å². The number of hydrogen-bond acceptors (Lipinski definition) is 4. The van der Waals surface area contributed by atoms with Crippen LogP contribution in [0.4, 0.5) is 4.79 Å². The van der Waals surface area contributed by atoms with Crippen molar-refractivity contribution in [2.75, 3.05) is 19.7 Å². The molecule has 2 rings (SSSR count). The zero-order chi connectivity index (χ0) is 15.2. The smallest absolute Gasteiger partial charge is 0.327 e. The van der Waals surface area contributed by atoms with Gasteiger partial charge in [0.2, 0.25) is 5.91 Å². The lowest BCUT2D eigenvalue weighted by molar-refractivity contribution is -0.144. The number of rotatable bonds is 7. The number of nitrogens with zero attached hydrogens (tertiary/aromatic N) is 2. The molecule has 6 nitrogen and oxygen atoms in total. The van der Waals surface area contributed by atoms with Crippen LogP contribution < -0.4 is 0 Å². The largest absolute Gasteiger partial charge is 0.466 e. The summed E-state index contributed by atoms with van der Waals surface area (Å²) >= 11 is 0. The second kappa shape index (κ2) is 7.43. The van der Waals surface area contributed by atoms with Gasteiger partial charge in [0.1, 0.15) is 6.54 Å². The molecule has 0 N–H and O–H groups in total. The third-order valence-corrected chi connectivity index (χ3v) is 4.15. The van der Waals surface area contributed by atoms with Crippen LogP contribution in [0.15, 0.2) is 0 Å². The zero-order valence-electron chi connectivity index (χ0n) is 12.7. The average Bonchev–Trinajstić information content (AvgIpc) is 3.06. The van der Waals surface area contributed by atoms with Gasteiger partial charge in [-0.1, -0.05) is 26.2 Å². The maximum atomic E-state index is 12.3. The molecule has 0 atom stereocenters. The van der Waals surface area contributed by atoms with E-state index in [0.29, 0.717) is 6.61 Å². The number of unbranched alkanes of at least 4 members (excludes halogenated alkanes) is 1. The highest BCUT2D eigenvalue weighted by atomic mass is 16.5. The molecule has 0 spiro atoms. The van der Waals surface area contributed by atoms with E-state index in [4.69, 9.17) is 4.74 Å². The molecule has 0 unspecified atom stereocenters. The van der Waals surface area contributed by atoms with Crippen LogP contribution in [0.2, 0.25) is 0 Å². The Balaban J connectivity index is 1.79. The monoisotopic (exact) mass is 296 g/mol. The fourth-order valence-corrected chi connectivity index (χ4v) is 2.89. The molecule has 1 aliphatic heterocycles. The Hall–Kier alpha value is -1.59. The number of carbonyl (C=O) groups excluding carboxylic acids is 3. The number of imide groups is 1. The molecule has 1 saturated carbocycles. The fourth-order valence-electron chi connectivity index (χ4n) is 2.89. The molecule has 1 aliphatic carbocycles. The van der Waals surface area contributed by atoms with Crippen molar-refractivity contribution in [1.82, 2.24) is 9.80 Å². The van der Waals surface area contributed by atoms with Gasteiger partial charge in [0, 0.05) is 12.6 Å². The summed E-state index contributed by atoms with van der Waals surface area (Å²) < 4.78 is 5.04. The first-order chi connectivity index (χ1) is 10.1.